The van der Waals surface area contributed by atoms with Crippen LogP contribution in [-0.2, 0) is 0 Å². The minimum Gasteiger partial charge on any atom is -0.475 e. The number of aromatic amines is 1. The second-order valence-electron chi connectivity index (χ2n) is 6.57. The van der Waals surface area contributed by atoms with E-state index in [2.05, 4.69) is 51.9 Å². The number of H-pyrrole nitrogens is 1. The maximum absolute atomic E-state index is 9.97. The van der Waals surface area contributed by atoms with E-state index in [1.54, 1.807) is 0 Å². The van der Waals surface area contributed by atoms with Crippen LogP contribution in [0.1, 0.15) is 49.3 Å². The third kappa shape index (κ3) is 4.96. The SMILES string of the molecule is CC1(C)CC=C(c2cc(Br)ccc2N)CC1.O=C(O)c1ncc[nH]1. The zero-order valence-corrected chi connectivity index (χ0v) is 15.4. The number of nitrogens with zero attached hydrogens (tertiary/aromatic N) is 1. The van der Waals surface area contributed by atoms with E-state index in [9.17, 15) is 4.79 Å². The van der Waals surface area contributed by atoms with Crippen molar-refractivity contribution < 1.29 is 9.90 Å². The summed E-state index contributed by atoms with van der Waals surface area (Å²) in [5.74, 6) is -1.06. The Balaban J connectivity index is 0.000000219. The van der Waals surface area contributed by atoms with Gasteiger partial charge < -0.3 is 15.8 Å². The van der Waals surface area contributed by atoms with Gasteiger partial charge in [-0.2, -0.15) is 0 Å². The van der Waals surface area contributed by atoms with Crippen LogP contribution in [0.15, 0.2) is 41.1 Å². The van der Waals surface area contributed by atoms with Crippen LogP contribution in [0.25, 0.3) is 5.57 Å². The number of nitrogen functional groups attached to an aromatic ring is 1. The average molecular weight is 392 g/mol. The number of nitrogens with one attached hydrogen (secondary N) is 1. The lowest BCUT2D eigenvalue weighted by Crippen LogP contribution is -2.14. The van der Waals surface area contributed by atoms with E-state index < -0.39 is 5.97 Å². The molecule has 2 aromatic rings. The molecular weight excluding hydrogens is 370 g/mol. The first kappa shape index (κ1) is 18.3. The van der Waals surface area contributed by atoms with Crippen LogP contribution in [0, 0.1) is 5.41 Å². The molecule has 6 heteroatoms. The minimum atomic E-state index is -1.03. The van der Waals surface area contributed by atoms with Gasteiger partial charge in [0.1, 0.15) is 0 Å². The summed E-state index contributed by atoms with van der Waals surface area (Å²) in [5, 5.41) is 8.18. The number of halogens is 1. The number of carboxylic acids is 1. The number of anilines is 1. The Bertz CT molecular complexity index is 737. The molecule has 0 unspecified atom stereocenters. The molecule has 0 atom stereocenters. The first-order valence-corrected chi connectivity index (χ1v) is 8.55. The third-order valence-electron chi connectivity index (χ3n) is 4.03. The Kier molecular flexibility index (Phi) is 5.83. The molecule has 1 aromatic heterocycles. The second kappa shape index (κ2) is 7.66. The largest absolute Gasteiger partial charge is 0.475 e. The number of benzene rings is 1. The van der Waals surface area contributed by atoms with Gasteiger partial charge in [0.15, 0.2) is 0 Å². The average Bonchev–Trinajstić information content (AvgIpc) is 3.05. The molecule has 4 N–H and O–H groups in total. The maximum Gasteiger partial charge on any atom is 0.371 e. The Hall–Kier alpha value is -2.08. The van der Waals surface area contributed by atoms with Gasteiger partial charge in [-0.15, -0.1) is 0 Å². The third-order valence-corrected chi connectivity index (χ3v) is 4.53. The lowest BCUT2D eigenvalue weighted by atomic mass is 9.77. The monoisotopic (exact) mass is 391 g/mol. The normalized spacial score (nSPS) is 15.9. The molecule has 0 amide bonds. The predicted octanol–water partition coefficient (Wildman–Crippen LogP) is 4.73. The van der Waals surface area contributed by atoms with Crippen molar-refractivity contribution in [3.8, 4) is 0 Å². The number of nitrogens with two attached hydrogens (primary N) is 1. The van der Waals surface area contributed by atoms with Crippen LogP contribution in [-0.4, -0.2) is 21.0 Å². The second-order valence-corrected chi connectivity index (χ2v) is 7.49. The molecule has 1 aliphatic rings. The van der Waals surface area contributed by atoms with E-state index in [0.717, 1.165) is 23.0 Å². The van der Waals surface area contributed by atoms with Crippen molar-refractivity contribution in [1.29, 1.82) is 0 Å². The van der Waals surface area contributed by atoms with Crippen LogP contribution >= 0.6 is 15.9 Å². The Morgan fingerprint density at radius 3 is 2.67 bits per heavy atom. The lowest BCUT2D eigenvalue weighted by Gasteiger charge is -2.29. The predicted molar refractivity (Wildman–Crippen MR) is 99.7 cm³/mol. The van der Waals surface area contributed by atoms with Gasteiger partial charge in [-0.25, -0.2) is 9.78 Å². The molecule has 128 valence electrons. The number of hydrogen-bond acceptors (Lipinski definition) is 3. The Labute approximate surface area is 150 Å². The van der Waals surface area contributed by atoms with Crippen LogP contribution in [0.3, 0.4) is 0 Å². The number of rotatable bonds is 2. The number of carboxylic acid groups (broad SMARTS) is 1. The van der Waals surface area contributed by atoms with Gasteiger partial charge in [-0.3, -0.25) is 0 Å². The molecular formula is C18H22BrN3O2. The zero-order valence-electron chi connectivity index (χ0n) is 13.8. The summed E-state index contributed by atoms with van der Waals surface area (Å²) in [7, 11) is 0. The quantitative estimate of drug-likeness (QED) is 0.644. The molecule has 5 nitrogen and oxygen atoms in total. The number of carbonyl (C=O) groups is 1. The van der Waals surface area contributed by atoms with Gasteiger partial charge in [0, 0.05) is 28.1 Å². The minimum absolute atomic E-state index is 0.0231. The first-order chi connectivity index (χ1) is 11.3. The van der Waals surface area contributed by atoms with Crippen molar-refractivity contribution in [2.75, 3.05) is 5.73 Å². The molecule has 0 fully saturated rings. The van der Waals surface area contributed by atoms with E-state index in [1.807, 2.05) is 12.1 Å². The molecule has 1 aliphatic carbocycles. The molecule has 0 saturated carbocycles. The van der Waals surface area contributed by atoms with Gasteiger partial charge in [0.2, 0.25) is 5.82 Å². The van der Waals surface area contributed by atoms with Crippen LogP contribution in [0.5, 0.6) is 0 Å². The van der Waals surface area contributed by atoms with E-state index in [-0.39, 0.29) is 5.82 Å². The highest BCUT2D eigenvalue weighted by Gasteiger charge is 2.22. The van der Waals surface area contributed by atoms with Crippen molar-refractivity contribution in [2.45, 2.75) is 33.1 Å². The van der Waals surface area contributed by atoms with Crippen molar-refractivity contribution in [3.05, 3.63) is 52.5 Å². The summed E-state index contributed by atoms with van der Waals surface area (Å²) in [6, 6.07) is 6.09. The van der Waals surface area contributed by atoms with Crippen molar-refractivity contribution in [3.63, 3.8) is 0 Å². The Morgan fingerprint density at radius 2 is 2.17 bits per heavy atom. The molecule has 1 aromatic carbocycles. The van der Waals surface area contributed by atoms with Gasteiger partial charge in [-0.1, -0.05) is 35.9 Å². The summed E-state index contributed by atoms with van der Waals surface area (Å²) >= 11 is 3.50. The number of allylic oxidation sites excluding steroid dienone is 2. The van der Waals surface area contributed by atoms with E-state index >= 15 is 0 Å². The summed E-state index contributed by atoms with van der Waals surface area (Å²) < 4.78 is 1.10. The molecule has 3 rings (SSSR count). The van der Waals surface area contributed by atoms with E-state index in [1.165, 1.54) is 30.0 Å². The number of aromatic carboxylic acids is 1. The highest BCUT2D eigenvalue weighted by Crippen LogP contribution is 2.39. The fourth-order valence-electron chi connectivity index (χ4n) is 2.51. The molecule has 24 heavy (non-hydrogen) atoms. The van der Waals surface area contributed by atoms with Crippen molar-refractivity contribution in [2.24, 2.45) is 5.41 Å². The van der Waals surface area contributed by atoms with E-state index in [0.29, 0.717) is 5.41 Å². The van der Waals surface area contributed by atoms with Crippen LogP contribution < -0.4 is 5.73 Å². The molecule has 0 spiro atoms. The summed E-state index contributed by atoms with van der Waals surface area (Å²) in [6.07, 6.45) is 8.72. The van der Waals surface area contributed by atoms with E-state index in [4.69, 9.17) is 10.8 Å². The molecule has 0 aliphatic heterocycles. The van der Waals surface area contributed by atoms with Gasteiger partial charge in [0.25, 0.3) is 0 Å². The smallest absolute Gasteiger partial charge is 0.371 e. The zero-order chi connectivity index (χ0) is 17.7. The topological polar surface area (TPSA) is 92.0 Å². The molecule has 1 heterocycles. The van der Waals surface area contributed by atoms with Crippen LogP contribution in [0.2, 0.25) is 0 Å². The molecule has 0 radical (unpaired) electrons. The molecule has 0 saturated heterocycles. The van der Waals surface area contributed by atoms with Gasteiger partial charge >= 0.3 is 5.97 Å². The standard InChI is InChI=1S/C14H18BrN.C4H4N2O2/c1-14(2)7-5-10(6-8-14)12-9-11(15)3-4-13(12)16;7-4(8)3-5-1-2-6-3/h3-5,9H,6-8,16H2,1-2H3;1-2H,(H,5,6)(H,7,8). The summed E-state index contributed by atoms with van der Waals surface area (Å²) in [6.45, 7) is 4.65. The number of hydrogen-bond donors (Lipinski definition) is 3. The van der Waals surface area contributed by atoms with Crippen molar-refractivity contribution in [1.82, 2.24) is 9.97 Å². The highest BCUT2D eigenvalue weighted by molar-refractivity contribution is 9.10. The lowest BCUT2D eigenvalue weighted by molar-refractivity contribution is 0.0685. The summed E-state index contributed by atoms with van der Waals surface area (Å²) in [4.78, 5) is 15.9. The van der Waals surface area contributed by atoms with Crippen molar-refractivity contribution >= 4 is 33.2 Å². The fraction of sp³-hybridized carbons (Fsp3) is 0.333. The maximum atomic E-state index is 9.97. The Morgan fingerprint density at radius 1 is 1.42 bits per heavy atom. The summed E-state index contributed by atoms with van der Waals surface area (Å²) in [5.41, 5.74) is 9.96. The fourth-order valence-corrected chi connectivity index (χ4v) is 2.87. The van der Waals surface area contributed by atoms with Crippen LogP contribution in [0.4, 0.5) is 5.69 Å². The number of imidazole rings is 1. The molecule has 0 bridgehead atoms. The van der Waals surface area contributed by atoms with Gasteiger partial charge in [-0.05, 0) is 48.4 Å². The number of aromatic nitrogens is 2. The van der Waals surface area contributed by atoms with Gasteiger partial charge in [0.05, 0.1) is 0 Å². The first-order valence-electron chi connectivity index (χ1n) is 7.75. The highest BCUT2D eigenvalue weighted by atomic mass is 79.9.